The first-order valence-electron chi connectivity index (χ1n) is 10.4. The number of rotatable bonds is 15. The summed E-state index contributed by atoms with van der Waals surface area (Å²) in [6, 6.07) is 0. The van der Waals surface area contributed by atoms with Crippen molar-refractivity contribution in [3.63, 3.8) is 0 Å². The fourth-order valence-corrected chi connectivity index (χ4v) is 2.63. The maximum absolute atomic E-state index is 8.33. The largest absolute Gasteiger partial charge is 0.300 e. The van der Waals surface area contributed by atoms with Crippen LogP contribution in [0.5, 0.6) is 0 Å². The fraction of sp³-hybridized carbons (Fsp3) is 0.321. The second kappa shape index (κ2) is 16.3. The predicted molar refractivity (Wildman–Crippen MR) is 134 cm³/mol. The molecule has 156 valence electrons. The minimum absolute atomic E-state index is 0.495. The molecule has 0 radical (unpaired) electrons. The van der Waals surface area contributed by atoms with Crippen LogP contribution in [0.2, 0.25) is 0 Å². The monoisotopic (exact) mass is 389 g/mol. The van der Waals surface area contributed by atoms with Crippen molar-refractivity contribution in [2.75, 3.05) is 0 Å². The lowest BCUT2D eigenvalue weighted by atomic mass is 9.94. The molecule has 1 nitrogen and oxygen atoms in total. The molecule has 1 heteroatoms. The Morgan fingerprint density at radius 3 is 2.17 bits per heavy atom. The van der Waals surface area contributed by atoms with Gasteiger partial charge in [0.05, 0.1) is 5.71 Å². The first-order valence-corrected chi connectivity index (χ1v) is 10.4. The lowest BCUT2D eigenvalue weighted by Crippen LogP contribution is -2.04. The molecule has 29 heavy (non-hydrogen) atoms. The van der Waals surface area contributed by atoms with Gasteiger partial charge in [0.1, 0.15) is 0 Å². The van der Waals surface area contributed by atoms with E-state index in [4.69, 9.17) is 5.41 Å². The van der Waals surface area contributed by atoms with Crippen LogP contribution in [-0.2, 0) is 0 Å². The number of allylic oxidation sites excluding steroid dienone is 14. The van der Waals surface area contributed by atoms with Gasteiger partial charge in [-0.15, -0.1) is 0 Å². The number of hydrogen-bond donors (Lipinski definition) is 1. The molecule has 0 aliphatic heterocycles. The molecule has 0 rings (SSSR count). The summed E-state index contributed by atoms with van der Waals surface area (Å²) in [5.74, 6) is 0. The molecule has 0 aliphatic rings. The van der Waals surface area contributed by atoms with Crippen LogP contribution >= 0.6 is 0 Å². The van der Waals surface area contributed by atoms with Crippen molar-refractivity contribution in [2.45, 2.75) is 59.3 Å². The maximum Gasteiger partial charge on any atom is 0.0634 e. The number of nitrogens with one attached hydrogen (secondary N) is 1. The molecule has 0 atom stereocenters. The van der Waals surface area contributed by atoms with Crippen LogP contribution in [0, 0.1) is 5.41 Å². The highest BCUT2D eigenvalue weighted by Gasteiger charge is 2.08. The summed E-state index contributed by atoms with van der Waals surface area (Å²) in [6.07, 6.45) is 24.1. The van der Waals surface area contributed by atoms with Crippen LogP contribution in [0.1, 0.15) is 59.3 Å². The molecule has 0 heterocycles. The van der Waals surface area contributed by atoms with Gasteiger partial charge in [0, 0.05) is 0 Å². The molecule has 0 aromatic rings. The first kappa shape index (κ1) is 26.3. The van der Waals surface area contributed by atoms with Gasteiger partial charge in [-0.05, 0) is 75.2 Å². The molecule has 1 N–H and O–H groups in total. The van der Waals surface area contributed by atoms with Gasteiger partial charge in [0.2, 0.25) is 0 Å². The van der Waals surface area contributed by atoms with Gasteiger partial charge < -0.3 is 5.41 Å². The molecular formula is C28H39N. The smallest absolute Gasteiger partial charge is 0.0634 e. The van der Waals surface area contributed by atoms with E-state index in [9.17, 15) is 0 Å². The normalized spacial score (nSPS) is 12.4. The molecule has 0 unspecified atom stereocenters. The van der Waals surface area contributed by atoms with Crippen molar-refractivity contribution in [2.24, 2.45) is 0 Å². The van der Waals surface area contributed by atoms with Crippen LogP contribution < -0.4 is 0 Å². The standard InChI is InChI=1S/C28H39N/c1-8-10-11-12-15-20-26(6)28(29)27(7)25(5)19-16-13-14-18-24(4)22-21-23(3)17-9-2/h8-12,17,20-22,29H,3-5,7,13-16,18-19H2,1-2,6H3/b10-8?,12-11-,17-9?,22-21?,26-20?,29-28?. The Balaban J connectivity index is 4.22. The van der Waals surface area contributed by atoms with Crippen molar-refractivity contribution in [1.29, 1.82) is 5.41 Å². The van der Waals surface area contributed by atoms with Crippen LogP contribution in [-0.4, -0.2) is 5.71 Å². The van der Waals surface area contributed by atoms with Crippen LogP contribution in [0.3, 0.4) is 0 Å². The van der Waals surface area contributed by atoms with Gasteiger partial charge in [-0.25, -0.2) is 0 Å². The molecule has 0 fully saturated rings. The third-order valence-corrected chi connectivity index (χ3v) is 4.51. The topological polar surface area (TPSA) is 23.9 Å². The quantitative estimate of drug-likeness (QED) is 0.164. The van der Waals surface area contributed by atoms with Crippen molar-refractivity contribution >= 4 is 5.71 Å². The zero-order valence-corrected chi connectivity index (χ0v) is 18.8. The third-order valence-electron chi connectivity index (χ3n) is 4.51. The molecule has 0 bridgehead atoms. The molecular weight excluding hydrogens is 350 g/mol. The van der Waals surface area contributed by atoms with Crippen molar-refractivity contribution in [3.8, 4) is 0 Å². The predicted octanol–water partition coefficient (Wildman–Crippen LogP) is 8.78. The van der Waals surface area contributed by atoms with E-state index in [1.165, 1.54) is 0 Å². The van der Waals surface area contributed by atoms with Gasteiger partial charge >= 0.3 is 0 Å². The van der Waals surface area contributed by atoms with Gasteiger partial charge in [-0.3, -0.25) is 0 Å². The van der Waals surface area contributed by atoms with E-state index in [0.29, 0.717) is 5.71 Å². The Morgan fingerprint density at radius 1 is 0.828 bits per heavy atom. The summed E-state index contributed by atoms with van der Waals surface area (Å²) in [6.45, 7) is 22.2. The van der Waals surface area contributed by atoms with E-state index in [0.717, 1.165) is 66.4 Å². The molecule has 0 saturated carbocycles. The summed E-state index contributed by atoms with van der Waals surface area (Å²) in [5.41, 5.74) is 5.28. The molecule has 0 aliphatic carbocycles. The Labute approximate surface area is 179 Å². The van der Waals surface area contributed by atoms with Crippen LogP contribution in [0.4, 0.5) is 0 Å². The van der Waals surface area contributed by atoms with E-state index in [2.05, 4.69) is 38.5 Å². The lowest BCUT2D eigenvalue weighted by Gasteiger charge is -2.11. The molecule has 0 spiro atoms. The maximum atomic E-state index is 8.33. The average Bonchev–Trinajstić information content (AvgIpc) is 2.70. The van der Waals surface area contributed by atoms with E-state index >= 15 is 0 Å². The third kappa shape index (κ3) is 13.2. The van der Waals surface area contributed by atoms with Crippen LogP contribution in [0.15, 0.2) is 109 Å². The summed E-state index contributed by atoms with van der Waals surface area (Å²) < 4.78 is 0. The van der Waals surface area contributed by atoms with Crippen molar-refractivity contribution in [3.05, 3.63) is 109 Å². The molecule has 0 amide bonds. The van der Waals surface area contributed by atoms with Gasteiger partial charge in [-0.1, -0.05) is 93.0 Å². The Kier molecular flexibility index (Phi) is 14.8. The Morgan fingerprint density at radius 2 is 1.52 bits per heavy atom. The van der Waals surface area contributed by atoms with Crippen molar-refractivity contribution < 1.29 is 0 Å². The second-order valence-electron chi connectivity index (χ2n) is 7.16. The zero-order valence-electron chi connectivity index (χ0n) is 18.8. The molecule has 0 aromatic heterocycles. The second-order valence-corrected chi connectivity index (χ2v) is 7.16. The average molecular weight is 390 g/mol. The minimum atomic E-state index is 0.495. The molecule has 0 saturated heterocycles. The summed E-state index contributed by atoms with van der Waals surface area (Å²) in [7, 11) is 0. The summed E-state index contributed by atoms with van der Waals surface area (Å²) in [5, 5.41) is 8.33. The summed E-state index contributed by atoms with van der Waals surface area (Å²) in [4.78, 5) is 0. The van der Waals surface area contributed by atoms with E-state index in [1.54, 1.807) is 0 Å². The zero-order chi connectivity index (χ0) is 22.1. The highest BCUT2D eigenvalue weighted by Crippen LogP contribution is 2.20. The van der Waals surface area contributed by atoms with E-state index in [-0.39, 0.29) is 0 Å². The van der Waals surface area contributed by atoms with Gasteiger partial charge in [-0.2, -0.15) is 0 Å². The highest BCUT2D eigenvalue weighted by molar-refractivity contribution is 6.12. The van der Waals surface area contributed by atoms with Crippen LogP contribution in [0.25, 0.3) is 0 Å². The lowest BCUT2D eigenvalue weighted by molar-refractivity contribution is 0.681. The van der Waals surface area contributed by atoms with Gasteiger partial charge in [0.15, 0.2) is 0 Å². The Hall–Kier alpha value is -2.67. The van der Waals surface area contributed by atoms with E-state index < -0.39 is 0 Å². The Bertz CT molecular complexity index is 732. The van der Waals surface area contributed by atoms with E-state index in [1.807, 2.05) is 63.3 Å². The minimum Gasteiger partial charge on any atom is -0.300 e. The SMILES string of the molecule is C=C(C=CC)C=CC(=C)CCCCCC(=C)C(=C)C(=N)C(C)=CC/C=C\C=CC. The number of unbranched alkanes of at least 4 members (excludes halogenated alkanes) is 2. The summed E-state index contributed by atoms with van der Waals surface area (Å²) >= 11 is 0. The molecule has 0 aromatic carbocycles. The highest BCUT2D eigenvalue weighted by atomic mass is 14.4. The van der Waals surface area contributed by atoms with Gasteiger partial charge in [0.25, 0.3) is 0 Å². The van der Waals surface area contributed by atoms with Crippen molar-refractivity contribution in [1.82, 2.24) is 0 Å². The fourth-order valence-electron chi connectivity index (χ4n) is 2.63. The first-order chi connectivity index (χ1) is 13.8. The number of hydrogen-bond acceptors (Lipinski definition) is 1.